The molecule has 2 aliphatic carbocycles. The van der Waals surface area contributed by atoms with E-state index >= 15 is 0 Å². The number of carbonyl (C=O) groups excluding carboxylic acids is 1. The van der Waals surface area contributed by atoms with Crippen LogP contribution in [0.15, 0.2) is 24.3 Å². The summed E-state index contributed by atoms with van der Waals surface area (Å²) in [5.74, 6) is -0.801. The highest BCUT2D eigenvalue weighted by atomic mass is 16.4. The smallest absolute Gasteiger partial charge is 0.317 e. The fourth-order valence-electron chi connectivity index (χ4n) is 4.42. The number of likely N-dealkylation sites (N-methyl/N-ethyl adjacent to an activating group) is 1. The number of rotatable bonds is 6. The van der Waals surface area contributed by atoms with E-state index in [0.29, 0.717) is 6.54 Å². The van der Waals surface area contributed by atoms with Gasteiger partial charge in [0, 0.05) is 12.1 Å². The quantitative estimate of drug-likeness (QED) is 0.716. The Bertz CT molecular complexity index is 698. The summed E-state index contributed by atoms with van der Waals surface area (Å²) < 4.78 is 0. The van der Waals surface area contributed by atoms with Crippen LogP contribution in [-0.2, 0) is 10.2 Å². The zero-order valence-electron chi connectivity index (χ0n) is 16.5. The lowest BCUT2D eigenvalue weighted by molar-refractivity contribution is -0.139. The molecule has 2 aliphatic rings. The monoisotopic (exact) mass is 373 g/mol. The van der Waals surface area contributed by atoms with E-state index in [-0.39, 0.29) is 36.1 Å². The molecular formula is C21H31N3O3. The van der Waals surface area contributed by atoms with Gasteiger partial charge in [-0.05, 0) is 48.8 Å². The van der Waals surface area contributed by atoms with Crippen molar-refractivity contribution in [1.82, 2.24) is 15.5 Å². The second-order valence-corrected chi connectivity index (χ2v) is 8.46. The maximum Gasteiger partial charge on any atom is 0.317 e. The SMILES string of the molecule is CCN(CC(=O)O)C1CC(NC(=O)NC2CCC(C)(C)c3ccccc32)C1. The molecule has 0 aliphatic heterocycles. The Morgan fingerprint density at radius 1 is 1.22 bits per heavy atom. The summed E-state index contributed by atoms with van der Waals surface area (Å²) in [6.45, 7) is 7.26. The van der Waals surface area contributed by atoms with Crippen LogP contribution < -0.4 is 10.6 Å². The van der Waals surface area contributed by atoms with Crippen molar-refractivity contribution in [2.75, 3.05) is 13.1 Å². The number of urea groups is 1. The summed E-state index contributed by atoms with van der Waals surface area (Å²) >= 11 is 0. The van der Waals surface area contributed by atoms with E-state index in [1.54, 1.807) is 0 Å². The minimum Gasteiger partial charge on any atom is -0.480 e. The van der Waals surface area contributed by atoms with Crippen LogP contribution in [0, 0.1) is 0 Å². The summed E-state index contributed by atoms with van der Waals surface area (Å²) in [6.07, 6.45) is 3.60. The molecule has 3 N–H and O–H groups in total. The van der Waals surface area contributed by atoms with E-state index < -0.39 is 5.97 Å². The van der Waals surface area contributed by atoms with Crippen LogP contribution in [0.4, 0.5) is 4.79 Å². The zero-order valence-corrected chi connectivity index (χ0v) is 16.5. The van der Waals surface area contributed by atoms with Gasteiger partial charge in [0.25, 0.3) is 0 Å². The third-order valence-corrected chi connectivity index (χ3v) is 6.14. The second-order valence-electron chi connectivity index (χ2n) is 8.46. The van der Waals surface area contributed by atoms with Gasteiger partial charge in [-0.1, -0.05) is 45.0 Å². The van der Waals surface area contributed by atoms with Crippen molar-refractivity contribution in [2.45, 2.75) is 70.0 Å². The van der Waals surface area contributed by atoms with Crippen LogP contribution in [0.25, 0.3) is 0 Å². The van der Waals surface area contributed by atoms with E-state index in [0.717, 1.165) is 25.7 Å². The van der Waals surface area contributed by atoms with E-state index in [1.807, 2.05) is 17.9 Å². The lowest BCUT2D eigenvalue weighted by Crippen LogP contribution is -2.56. The van der Waals surface area contributed by atoms with Crippen molar-refractivity contribution in [2.24, 2.45) is 0 Å². The second kappa shape index (κ2) is 7.89. The van der Waals surface area contributed by atoms with Gasteiger partial charge in [-0.3, -0.25) is 9.69 Å². The number of carboxylic acids is 1. The molecule has 3 rings (SSSR count). The van der Waals surface area contributed by atoms with Crippen molar-refractivity contribution in [3.05, 3.63) is 35.4 Å². The summed E-state index contributed by atoms with van der Waals surface area (Å²) in [4.78, 5) is 25.4. The number of aliphatic carboxylic acids is 1. The molecule has 0 saturated heterocycles. The summed E-state index contributed by atoms with van der Waals surface area (Å²) in [6, 6.07) is 8.66. The Hall–Kier alpha value is -2.08. The molecule has 1 unspecified atom stereocenters. The number of benzene rings is 1. The van der Waals surface area contributed by atoms with Crippen LogP contribution in [0.3, 0.4) is 0 Å². The molecule has 27 heavy (non-hydrogen) atoms. The van der Waals surface area contributed by atoms with Crippen molar-refractivity contribution in [3.63, 3.8) is 0 Å². The summed E-state index contributed by atoms with van der Waals surface area (Å²) in [7, 11) is 0. The highest BCUT2D eigenvalue weighted by Crippen LogP contribution is 2.41. The lowest BCUT2D eigenvalue weighted by Gasteiger charge is -2.42. The maximum absolute atomic E-state index is 12.5. The Morgan fingerprint density at radius 2 is 1.93 bits per heavy atom. The van der Waals surface area contributed by atoms with E-state index in [2.05, 4.69) is 42.7 Å². The molecule has 1 atom stereocenters. The minimum absolute atomic E-state index is 0.0456. The molecule has 0 bridgehead atoms. The average Bonchev–Trinajstić information content (AvgIpc) is 2.58. The molecule has 1 saturated carbocycles. The Labute approximate surface area is 161 Å². The number of nitrogens with zero attached hydrogens (tertiary/aromatic N) is 1. The largest absolute Gasteiger partial charge is 0.480 e. The lowest BCUT2D eigenvalue weighted by atomic mass is 9.71. The van der Waals surface area contributed by atoms with Crippen LogP contribution in [0.1, 0.15) is 63.6 Å². The molecule has 0 spiro atoms. The third kappa shape index (κ3) is 4.43. The van der Waals surface area contributed by atoms with Gasteiger partial charge in [0.05, 0.1) is 12.6 Å². The van der Waals surface area contributed by atoms with Crippen LogP contribution in [0.5, 0.6) is 0 Å². The molecule has 1 fully saturated rings. The van der Waals surface area contributed by atoms with Crippen molar-refractivity contribution >= 4 is 12.0 Å². The fraction of sp³-hybridized carbons (Fsp3) is 0.619. The Balaban J connectivity index is 1.52. The first-order chi connectivity index (χ1) is 12.8. The average molecular weight is 373 g/mol. The first kappa shape index (κ1) is 19.7. The van der Waals surface area contributed by atoms with Crippen LogP contribution >= 0.6 is 0 Å². The maximum atomic E-state index is 12.5. The first-order valence-electron chi connectivity index (χ1n) is 9.92. The molecule has 2 amide bonds. The molecule has 1 aromatic carbocycles. The van der Waals surface area contributed by atoms with Gasteiger partial charge >= 0.3 is 12.0 Å². The molecule has 6 heteroatoms. The summed E-state index contributed by atoms with van der Waals surface area (Å²) in [5, 5.41) is 15.2. The Morgan fingerprint density at radius 3 is 2.59 bits per heavy atom. The number of hydrogen-bond acceptors (Lipinski definition) is 3. The van der Waals surface area contributed by atoms with Crippen molar-refractivity contribution in [1.29, 1.82) is 0 Å². The molecule has 1 aromatic rings. The number of amides is 2. The first-order valence-corrected chi connectivity index (χ1v) is 9.92. The van der Waals surface area contributed by atoms with Gasteiger partial charge in [0.1, 0.15) is 0 Å². The molecular weight excluding hydrogens is 342 g/mol. The van der Waals surface area contributed by atoms with Gasteiger partial charge in [-0.15, -0.1) is 0 Å². The molecule has 0 aromatic heterocycles. The predicted molar refractivity (Wildman–Crippen MR) is 105 cm³/mol. The van der Waals surface area contributed by atoms with Gasteiger partial charge in [0.2, 0.25) is 0 Å². The molecule has 148 valence electrons. The van der Waals surface area contributed by atoms with Crippen LogP contribution in [-0.4, -0.2) is 47.2 Å². The van der Waals surface area contributed by atoms with Gasteiger partial charge < -0.3 is 15.7 Å². The topological polar surface area (TPSA) is 81.7 Å². The number of fused-ring (bicyclic) bond motifs is 1. The van der Waals surface area contributed by atoms with E-state index in [9.17, 15) is 9.59 Å². The van der Waals surface area contributed by atoms with E-state index in [4.69, 9.17) is 5.11 Å². The predicted octanol–water partition coefficient (Wildman–Crippen LogP) is 3.04. The van der Waals surface area contributed by atoms with Gasteiger partial charge in [-0.2, -0.15) is 0 Å². The van der Waals surface area contributed by atoms with Gasteiger partial charge in [-0.25, -0.2) is 4.79 Å². The standard InChI is InChI=1S/C21H31N3O3/c1-4-24(13-19(25)26)15-11-14(12-15)22-20(27)23-18-9-10-21(2,3)17-8-6-5-7-16(17)18/h5-8,14-15,18H,4,9-13H2,1-3H3,(H,25,26)(H2,22,23,27). The van der Waals surface area contributed by atoms with Gasteiger partial charge in [0.15, 0.2) is 0 Å². The minimum atomic E-state index is -0.801. The van der Waals surface area contributed by atoms with Crippen molar-refractivity contribution in [3.8, 4) is 0 Å². The summed E-state index contributed by atoms with van der Waals surface area (Å²) in [5.41, 5.74) is 2.67. The number of carbonyl (C=O) groups is 2. The van der Waals surface area contributed by atoms with Crippen molar-refractivity contribution < 1.29 is 14.7 Å². The van der Waals surface area contributed by atoms with E-state index in [1.165, 1.54) is 11.1 Å². The number of nitrogens with one attached hydrogen (secondary N) is 2. The highest BCUT2D eigenvalue weighted by Gasteiger charge is 2.36. The molecule has 6 nitrogen and oxygen atoms in total. The zero-order chi connectivity index (χ0) is 19.6. The normalized spacial score (nSPS) is 26.0. The third-order valence-electron chi connectivity index (χ3n) is 6.14. The highest BCUT2D eigenvalue weighted by molar-refractivity contribution is 5.75. The molecule has 0 heterocycles. The fourth-order valence-corrected chi connectivity index (χ4v) is 4.42. The number of hydrogen-bond donors (Lipinski definition) is 3. The number of carboxylic acid groups (broad SMARTS) is 1. The molecule has 0 radical (unpaired) electrons. The van der Waals surface area contributed by atoms with Crippen LogP contribution in [0.2, 0.25) is 0 Å². The Kier molecular flexibility index (Phi) is 5.75.